The third-order valence-electron chi connectivity index (χ3n) is 3.72. The summed E-state index contributed by atoms with van der Waals surface area (Å²) in [6.07, 6.45) is 0.896. The number of amides is 1. The zero-order valence-corrected chi connectivity index (χ0v) is 11.6. The zero-order chi connectivity index (χ0) is 14.3. The molecule has 2 aromatic rings. The molecule has 0 spiro atoms. The minimum atomic E-state index is -0.114. The smallest absolute Gasteiger partial charge is 0.275 e. The van der Waals surface area contributed by atoms with Crippen molar-refractivity contribution in [1.82, 2.24) is 15.1 Å². The second-order valence-corrected chi connectivity index (χ2v) is 5.10. The minimum absolute atomic E-state index is 0.0238. The molecule has 104 valence electrons. The molecule has 1 amide bonds. The van der Waals surface area contributed by atoms with E-state index in [4.69, 9.17) is 0 Å². The van der Waals surface area contributed by atoms with Crippen LogP contribution in [0.3, 0.4) is 0 Å². The maximum atomic E-state index is 12.4. The standard InChI is InChI=1S/C15H17N3O2/c1-3-8-18-14(10-4-6-11(19)7-5-10)12-9(2)16-17-13(12)15(18)20/h4-7,14,19H,3,8H2,1-2H3,(H,16,17)/t14-/m1/s1. The summed E-state index contributed by atoms with van der Waals surface area (Å²) in [5.41, 5.74) is 3.39. The first-order chi connectivity index (χ1) is 9.63. The van der Waals surface area contributed by atoms with Crippen LogP contribution in [0.5, 0.6) is 5.75 Å². The van der Waals surface area contributed by atoms with Crippen LogP contribution in [0, 0.1) is 6.92 Å². The van der Waals surface area contributed by atoms with Crippen LogP contribution in [-0.4, -0.2) is 32.7 Å². The highest BCUT2D eigenvalue weighted by Crippen LogP contribution is 2.39. The fraction of sp³-hybridized carbons (Fsp3) is 0.333. The van der Waals surface area contributed by atoms with E-state index < -0.39 is 0 Å². The molecule has 0 bridgehead atoms. The number of carbonyl (C=O) groups is 1. The predicted octanol–water partition coefficient (Wildman–Crippen LogP) is 2.38. The molecule has 1 aliphatic rings. The first-order valence-electron chi connectivity index (χ1n) is 6.78. The van der Waals surface area contributed by atoms with Crippen LogP contribution in [0.1, 0.15) is 46.7 Å². The van der Waals surface area contributed by atoms with Crippen LogP contribution in [0.15, 0.2) is 24.3 Å². The number of nitrogens with one attached hydrogen (secondary N) is 1. The number of fused-ring (bicyclic) bond motifs is 1. The zero-order valence-electron chi connectivity index (χ0n) is 11.6. The fourth-order valence-corrected chi connectivity index (χ4v) is 2.82. The van der Waals surface area contributed by atoms with Gasteiger partial charge >= 0.3 is 0 Å². The number of aromatic amines is 1. The van der Waals surface area contributed by atoms with Gasteiger partial charge in [0.25, 0.3) is 5.91 Å². The van der Waals surface area contributed by atoms with Gasteiger partial charge in [-0.2, -0.15) is 5.10 Å². The fourth-order valence-electron chi connectivity index (χ4n) is 2.82. The van der Waals surface area contributed by atoms with E-state index in [1.54, 1.807) is 12.1 Å². The number of H-pyrrole nitrogens is 1. The van der Waals surface area contributed by atoms with E-state index in [0.717, 1.165) is 23.2 Å². The van der Waals surface area contributed by atoms with Crippen molar-refractivity contribution in [2.45, 2.75) is 26.3 Å². The summed E-state index contributed by atoms with van der Waals surface area (Å²) in [6.45, 7) is 4.68. The van der Waals surface area contributed by atoms with E-state index in [9.17, 15) is 9.90 Å². The third kappa shape index (κ3) is 1.78. The molecule has 5 heteroatoms. The van der Waals surface area contributed by atoms with E-state index >= 15 is 0 Å². The number of aromatic nitrogens is 2. The van der Waals surface area contributed by atoms with E-state index in [-0.39, 0.29) is 17.7 Å². The number of phenols is 1. The van der Waals surface area contributed by atoms with Crippen molar-refractivity contribution < 1.29 is 9.90 Å². The van der Waals surface area contributed by atoms with Crippen molar-refractivity contribution in [1.29, 1.82) is 0 Å². The van der Waals surface area contributed by atoms with Gasteiger partial charge in [0.1, 0.15) is 5.75 Å². The number of hydrogen-bond acceptors (Lipinski definition) is 3. The Morgan fingerprint density at radius 1 is 1.35 bits per heavy atom. The lowest BCUT2D eigenvalue weighted by Crippen LogP contribution is -2.30. The molecule has 0 saturated heterocycles. The van der Waals surface area contributed by atoms with Crippen LogP contribution < -0.4 is 0 Å². The average Bonchev–Trinajstić information content (AvgIpc) is 2.93. The van der Waals surface area contributed by atoms with Gasteiger partial charge < -0.3 is 10.0 Å². The lowest BCUT2D eigenvalue weighted by molar-refractivity contribution is 0.0743. The number of carbonyl (C=O) groups excluding carboxylic acids is 1. The number of benzene rings is 1. The van der Waals surface area contributed by atoms with Crippen molar-refractivity contribution in [2.24, 2.45) is 0 Å². The van der Waals surface area contributed by atoms with E-state index in [2.05, 4.69) is 17.1 Å². The van der Waals surface area contributed by atoms with Gasteiger partial charge in [-0.25, -0.2) is 0 Å². The lowest BCUT2D eigenvalue weighted by atomic mass is 9.99. The number of aromatic hydroxyl groups is 1. The van der Waals surface area contributed by atoms with Crippen LogP contribution in [0.25, 0.3) is 0 Å². The van der Waals surface area contributed by atoms with E-state index in [0.29, 0.717) is 12.2 Å². The summed E-state index contributed by atoms with van der Waals surface area (Å²) < 4.78 is 0. The molecule has 0 radical (unpaired) electrons. The molecule has 1 atom stereocenters. The molecule has 0 unspecified atom stereocenters. The summed E-state index contributed by atoms with van der Waals surface area (Å²) in [4.78, 5) is 14.3. The topological polar surface area (TPSA) is 69.2 Å². The van der Waals surface area contributed by atoms with Gasteiger partial charge in [0, 0.05) is 17.8 Å². The summed E-state index contributed by atoms with van der Waals surface area (Å²) in [5.74, 6) is 0.202. The van der Waals surface area contributed by atoms with Crippen LogP contribution in [0.4, 0.5) is 0 Å². The Hall–Kier alpha value is -2.30. The Morgan fingerprint density at radius 3 is 2.70 bits per heavy atom. The SMILES string of the molecule is CCCN1C(=O)c2n[nH]c(C)c2[C@H]1c1ccc(O)cc1. The molecule has 0 saturated carbocycles. The predicted molar refractivity (Wildman–Crippen MR) is 74.6 cm³/mol. The second-order valence-electron chi connectivity index (χ2n) is 5.10. The van der Waals surface area contributed by atoms with Gasteiger partial charge in [0.05, 0.1) is 6.04 Å². The summed E-state index contributed by atoms with van der Waals surface area (Å²) in [6, 6.07) is 6.90. The molecule has 5 nitrogen and oxygen atoms in total. The van der Waals surface area contributed by atoms with Gasteiger partial charge in [0.2, 0.25) is 0 Å². The first kappa shape index (κ1) is 12.7. The maximum Gasteiger partial charge on any atom is 0.275 e. The van der Waals surface area contributed by atoms with Crippen molar-refractivity contribution in [3.63, 3.8) is 0 Å². The minimum Gasteiger partial charge on any atom is -0.508 e. The first-order valence-corrected chi connectivity index (χ1v) is 6.78. The molecular formula is C15H17N3O2. The highest BCUT2D eigenvalue weighted by Gasteiger charge is 2.40. The number of aryl methyl sites for hydroxylation is 1. The summed E-state index contributed by atoms with van der Waals surface area (Å²) in [5, 5.41) is 16.5. The van der Waals surface area contributed by atoms with Crippen molar-refractivity contribution in [2.75, 3.05) is 6.54 Å². The van der Waals surface area contributed by atoms with Crippen molar-refractivity contribution in [3.05, 3.63) is 46.8 Å². The van der Waals surface area contributed by atoms with Gasteiger partial charge in [-0.05, 0) is 31.0 Å². The molecule has 2 heterocycles. The van der Waals surface area contributed by atoms with Crippen LogP contribution >= 0.6 is 0 Å². The molecule has 0 fully saturated rings. The van der Waals surface area contributed by atoms with E-state index in [1.165, 1.54) is 0 Å². The maximum absolute atomic E-state index is 12.4. The molecule has 20 heavy (non-hydrogen) atoms. The van der Waals surface area contributed by atoms with Gasteiger partial charge in [-0.15, -0.1) is 0 Å². The lowest BCUT2D eigenvalue weighted by Gasteiger charge is -2.25. The van der Waals surface area contributed by atoms with Crippen LogP contribution in [-0.2, 0) is 0 Å². The number of rotatable bonds is 3. The quantitative estimate of drug-likeness (QED) is 0.900. The van der Waals surface area contributed by atoms with E-state index in [1.807, 2.05) is 24.0 Å². The van der Waals surface area contributed by atoms with Crippen molar-refractivity contribution >= 4 is 5.91 Å². The highest BCUT2D eigenvalue weighted by atomic mass is 16.3. The van der Waals surface area contributed by atoms with Crippen molar-refractivity contribution in [3.8, 4) is 5.75 Å². The molecule has 1 aromatic carbocycles. The molecular weight excluding hydrogens is 254 g/mol. The number of hydrogen-bond donors (Lipinski definition) is 2. The van der Waals surface area contributed by atoms with Gasteiger partial charge in [-0.1, -0.05) is 19.1 Å². The Balaban J connectivity index is 2.11. The van der Waals surface area contributed by atoms with Crippen LogP contribution in [0.2, 0.25) is 0 Å². The Labute approximate surface area is 117 Å². The number of nitrogens with zero attached hydrogens (tertiary/aromatic N) is 2. The second kappa shape index (κ2) is 4.67. The molecule has 1 aromatic heterocycles. The number of phenolic OH excluding ortho intramolecular Hbond substituents is 1. The Kier molecular flexibility index (Phi) is 2.97. The Bertz CT molecular complexity index is 646. The highest BCUT2D eigenvalue weighted by molar-refractivity contribution is 5.98. The third-order valence-corrected chi connectivity index (χ3v) is 3.72. The largest absolute Gasteiger partial charge is 0.508 e. The van der Waals surface area contributed by atoms with Gasteiger partial charge in [-0.3, -0.25) is 9.89 Å². The molecule has 0 aliphatic carbocycles. The summed E-state index contributed by atoms with van der Waals surface area (Å²) in [7, 11) is 0. The summed E-state index contributed by atoms with van der Waals surface area (Å²) >= 11 is 0. The molecule has 2 N–H and O–H groups in total. The van der Waals surface area contributed by atoms with Gasteiger partial charge in [0.15, 0.2) is 5.69 Å². The Morgan fingerprint density at radius 2 is 2.05 bits per heavy atom. The average molecular weight is 271 g/mol. The normalized spacial score (nSPS) is 17.6. The molecule has 3 rings (SSSR count). The monoisotopic (exact) mass is 271 g/mol. The molecule has 1 aliphatic heterocycles.